The average Bonchev–Trinajstić information content (AvgIpc) is 2.27. The smallest absolute Gasteiger partial charge is 0.239 e. The highest BCUT2D eigenvalue weighted by molar-refractivity contribution is 8.00. The maximum absolute atomic E-state index is 11.8. The second-order valence-electron chi connectivity index (χ2n) is 3.70. The monoisotopic (exact) mass is 216 g/mol. The van der Waals surface area contributed by atoms with Crippen LogP contribution in [0.1, 0.15) is 26.7 Å². The lowest BCUT2D eigenvalue weighted by molar-refractivity contribution is -0.132. The molecule has 2 N–H and O–H groups in total. The van der Waals surface area contributed by atoms with Gasteiger partial charge in [-0.1, -0.05) is 13.8 Å². The Morgan fingerprint density at radius 3 is 2.93 bits per heavy atom. The van der Waals surface area contributed by atoms with Gasteiger partial charge in [-0.05, 0) is 12.8 Å². The van der Waals surface area contributed by atoms with Crippen molar-refractivity contribution in [1.29, 1.82) is 0 Å². The van der Waals surface area contributed by atoms with Gasteiger partial charge in [0.2, 0.25) is 5.91 Å². The van der Waals surface area contributed by atoms with Gasteiger partial charge in [-0.25, -0.2) is 0 Å². The molecule has 1 rings (SSSR count). The van der Waals surface area contributed by atoms with E-state index in [1.165, 1.54) is 0 Å². The Balaban J connectivity index is 2.47. The zero-order valence-corrected chi connectivity index (χ0v) is 9.85. The fourth-order valence-electron chi connectivity index (χ4n) is 1.58. The summed E-state index contributed by atoms with van der Waals surface area (Å²) in [5.41, 5.74) is 5.74. The van der Waals surface area contributed by atoms with E-state index in [0.717, 1.165) is 31.7 Å². The van der Waals surface area contributed by atoms with Crippen molar-refractivity contribution < 1.29 is 4.79 Å². The van der Waals surface area contributed by atoms with Gasteiger partial charge in [0, 0.05) is 24.1 Å². The number of thioether (sulfide) groups is 1. The first-order chi connectivity index (χ1) is 6.69. The second kappa shape index (κ2) is 5.61. The number of nitrogens with zero attached hydrogens (tertiary/aromatic N) is 1. The van der Waals surface area contributed by atoms with E-state index in [1.54, 1.807) is 0 Å². The van der Waals surface area contributed by atoms with Crippen LogP contribution < -0.4 is 5.73 Å². The van der Waals surface area contributed by atoms with Crippen LogP contribution in [0, 0.1) is 0 Å². The van der Waals surface area contributed by atoms with Gasteiger partial charge in [0.1, 0.15) is 0 Å². The molecule has 3 nitrogen and oxygen atoms in total. The van der Waals surface area contributed by atoms with Gasteiger partial charge < -0.3 is 10.6 Å². The first kappa shape index (κ1) is 11.9. The van der Waals surface area contributed by atoms with Gasteiger partial charge in [0.25, 0.3) is 0 Å². The van der Waals surface area contributed by atoms with E-state index in [2.05, 4.69) is 6.92 Å². The molecule has 2 atom stereocenters. The summed E-state index contributed by atoms with van der Waals surface area (Å²) in [5.74, 6) is 1.19. The molecule has 1 aliphatic heterocycles. The molecule has 0 bridgehead atoms. The van der Waals surface area contributed by atoms with Crippen LogP contribution in [0.5, 0.6) is 0 Å². The van der Waals surface area contributed by atoms with E-state index in [1.807, 2.05) is 23.6 Å². The molecule has 0 radical (unpaired) electrons. The third-order valence-corrected chi connectivity index (χ3v) is 4.03. The standard InChI is InChI=1S/C10H20N2OS/c1-3-8-7-12(5-6-14-8)10(13)9(11)4-2/h8-9H,3-7,11H2,1-2H3. The first-order valence-electron chi connectivity index (χ1n) is 5.35. The summed E-state index contributed by atoms with van der Waals surface area (Å²) in [7, 11) is 0. The topological polar surface area (TPSA) is 46.3 Å². The maximum Gasteiger partial charge on any atom is 0.239 e. The van der Waals surface area contributed by atoms with Crippen LogP contribution in [0.15, 0.2) is 0 Å². The Morgan fingerprint density at radius 2 is 2.36 bits per heavy atom. The molecule has 1 saturated heterocycles. The van der Waals surface area contributed by atoms with Crippen LogP contribution in [0.25, 0.3) is 0 Å². The van der Waals surface area contributed by atoms with Crippen LogP contribution in [0.4, 0.5) is 0 Å². The molecule has 1 aliphatic rings. The van der Waals surface area contributed by atoms with Crippen molar-refractivity contribution in [3.63, 3.8) is 0 Å². The molecule has 1 fully saturated rings. The minimum absolute atomic E-state index is 0.131. The van der Waals surface area contributed by atoms with Crippen molar-refractivity contribution in [2.75, 3.05) is 18.8 Å². The van der Waals surface area contributed by atoms with Gasteiger partial charge in [-0.15, -0.1) is 0 Å². The predicted molar refractivity (Wildman–Crippen MR) is 61.4 cm³/mol. The van der Waals surface area contributed by atoms with Crippen LogP contribution in [0.3, 0.4) is 0 Å². The van der Waals surface area contributed by atoms with Gasteiger partial charge in [-0.2, -0.15) is 11.8 Å². The van der Waals surface area contributed by atoms with E-state index in [-0.39, 0.29) is 11.9 Å². The first-order valence-corrected chi connectivity index (χ1v) is 6.39. The van der Waals surface area contributed by atoms with E-state index in [0.29, 0.717) is 5.25 Å². The van der Waals surface area contributed by atoms with Crippen molar-refractivity contribution in [1.82, 2.24) is 4.90 Å². The van der Waals surface area contributed by atoms with E-state index in [4.69, 9.17) is 5.73 Å². The largest absolute Gasteiger partial charge is 0.339 e. The zero-order chi connectivity index (χ0) is 10.6. The minimum atomic E-state index is -0.296. The zero-order valence-electron chi connectivity index (χ0n) is 9.03. The average molecular weight is 216 g/mol. The molecule has 0 aromatic carbocycles. The molecule has 1 amide bonds. The van der Waals surface area contributed by atoms with Crippen molar-refractivity contribution in [2.24, 2.45) is 5.73 Å². The van der Waals surface area contributed by atoms with Crippen molar-refractivity contribution >= 4 is 17.7 Å². The molecular weight excluding hydrogens is 196 g/mol. The van der Waals surface area contributed by atoms with E-state index < -0.39 is 0 Å². The molecule has 0 spiro atoms. The lowest BCUT2D eigenvalue weighted by atomic mass is 10.2. The summed E-state index contributed by atoms with van der Waals surface area (Å²) in [4.78, 5) is 13.7. The number of hydrogen-bond donors (Lipinski definition) is 1. The molecule has 14 heavy (non-hydrogen) atoms. The van der Waals surface area contributed by atoms with Crippen molar-refractivity contribution in [3.8, 4) is 0 Å². The maximum atomic E-state index is 11.8. The lowest BCUT2D eigenvalue weighted by Crippen LogP contribution is -2.48. The highest BCUT2D eigenvalue weighted by Gasteiger charge is 2.25. The van der Waals surface area contributed by atoms with Gasteiger partial charge >= 0.3 is 0 Å². The van der Waals surface area contributed by atoms with Gasteiger partial charge in [-0.3, -0.25) is 4.79 Å². The number of hydrogen-bond acceptors (Lipinski definition) is 3. The van der Waals surface area contributed by atoms with Crippen LogP contribution >= 0.6 is 11.8 Å². The highest BCUT2D eigenvalue weighted by Crippen LogP contribution is 2.21. The van der Waals surface area contributed by atoms with E-state index in [9.17, 15) is 4.79 Å². The lowest BCUT2D eigenvalue weighted by Gasteiger charge is -2.33. The van der Waals surface area contributed by atoms with Gasteiger partial charge in [0.15, 0.2) is 0 Å². The SMILES string of the molecule is CCC1CN(C(=O)C(N)CC)CCS1. The number of nitrogens with two attached hydrogens (primary N) is 1. The summed E-state index contributed by atoms with van der Waals surface area (Å²) in [6.45, 7) is 5.88. The number of carbonyl (C=O) groups is 1. The Kier molecular flexibility index (Phi) is 4.75. The van der Waals surface area contributed by atoms with Crippen LogP contribution in [-0.2, 0) is 4.79 Å². The summed E-state index contributed by atoms with van der Waals surface area (Å²) in [6, 6.07) is -0.296. The molecule has 0 aliphatic carbocycles. The fourth-order valence-corrected chi connectivity index (χ4v) is 2.76. The van der Waals surface area contributed by atoms with Crippen LogP contribution in [-0.4, -0.2) is 40.9 Å². The summed E-state index contributed by atoms with van der Waals surface area (Å²) in [5, 5.41) is 0.608. The third kappa shape index (κ3) is 2.89. The molecule has 82 valence electrons. The Morgan fingerprint density at radius 1 is 1.64 bits per heavy atom. The molecule has 4 heteroatoms. The predicted octanol–water partition coefficient (Wildman–Crippen LogP) is 1.08. The third-order valence-electron chi connectivity index (χ3n) is 2.66. The normalized spacial score (nSPS) is 24.8. The van der Waals surface area contributed by atoms with E-state index >= 15 is 0 Å². The molecular formula is C10H20N2OS. The number of amides is 1. The molecule has 2 unspecified atom stereocenters. The number of rotatable bonds is 3. The van der Waals surface area contributed by atoms with Crippen molar-refractivity contribution in [2.45, 2.75) is 38.0 Å². The molecule has 0 saturated carbocycles. The number of carbonyl (C=O) groups excluding carboxylic acids is 1. The highest BCUT2D eigenvalue weighted by atomic mass is 32.2. The second-order valence-corrected chi connectivity index (χ2v) is 5.11. The summed E-state index contributed by atoms with van der Waals surface area (Å²) in [6.07, 6.45) is 1.87. The Bertz CT molecular complexity index is 199. The summed E-state index contributed by atoms with van der Waals surface area (Å²) < 4.78 is 0. The molecule has 0 aromatic rings. The Labute approximate surface area is 90.4 Å². The quantitative estimate of drug-likeness (QED) is 0.768. The van der Waals surface area contributed by atoms with Gasteiger partial charge in [0.05, 0.1) is 6.04 Å². The molecule has 0 aromatic heterocycles. The molecule has 1 heterocycles. The Hall–Kier alpha value is -0.220. The fraction of sp³-hybridized carbons (Fsp3) is 0.900. The van der Waals surface area contributed by atoms with Crippen molar-refractivity contribution in [3.05, 3.63) is 0 Å². The minimum Gasteiger partial charge on any atom is -0.339 e. The summed E-state index contributed by atoms with van der Waals surface area (Å²) >= 11 is 1.97. The van der Waals surface area contributed by atoms with Crippen LogP contribution in [0.2, 0.25) is 0 Å².